The fourth-order valence-electron chi connectivity index (χ4n) is 7.05. The first-order valence-electron chi connectivity index (χ1n) is 15.6. The summed E-state index contributed by atoms with van der Waals surface area (Å²) in [5.41, 5.74) is 3.18. The summed E-state index contributed by atoms with van der Waals surface area (Å²) >= 11 is 0. The van der Waals surface area contributed by atoms with Gasteiger partial charge in [-0.3, -0.25) is 14.5 Å². The number of amides is 2. The standard InChI is InChI=1S/C33H43N3O6/c37-20-22-5-7-23(8-6-22)24-9-11-27-30(15-24)41-14-13-26-10-12-29(38)31(42-26)17-34-33(40)28-16-25(35-32(27)39)19-36(28)18-21-3-1-2-4-21/h5-9,11,15,21,25-26,28-29,31,37-38H,1-4,10,12-14,16-20H2,(H,34,40)(H,35,39)/t25-,26-,28-,29-,31+/m0/s1. The third-order valence-corrected chi connectivity index (χ3v) is 9.46. The summed E-state index contributed by atoms with van der Waals surface area (Å²) in [6.07, 6.45) is 6.10. The molecule has 0 aromatic heterocycles. The lowest BCUT2D eigenvalue weighted by Crippen LogP contribution is -2.50. The molecule has 0 unspecified atom stereocenters. The zero-order valence-electron chi connectivity index (χ0n) is 24.2. The van der Waals surface area contributed by atoms with Crippen LogP contribution in [-0.4, -0.2) is 83.6 Å². The number of likely N-dealkylation sites (tertiary alicyclic amines) is 1. The number of aliphatic hydroxyl groups excluding tert-OH is 2. The summed E-state index contributed by atoms with van der Waals surface area (Å²) in [5.74, 6) is 0.816. The van der Waals surface area contributed by atoms with Gasteiger partial charge < -0.3 is 30.3 Å². The van der Waals surface area contributed by atoms with Crippen LogP contribution >= 0.6 is 0 Å². The number of carbonyl (C=O) groups excluding carboxylic acids is 2. The maximum atomic E-state index is 13.7. The quantitative estimate of drug-likeness (QED) is 0.441. The van der Waals surface area contributed by atoms with Crippen LogP contribution in [0.25, 0.3) is 11.1 Å². The first-order valence-corrected chi connectivity index (χ1v) is 15.6. The van der Waals surface area contributed by atoms with Crippen LogP contribution in [0.5, 0.6) is 5.75 Å². The van der Waals surface area contributed by atoms with E-state index >= 15 is 0 Å². The Balaban J connectivity index is 1.27. The van der Waals surface area contributed by atoms with Crippen molar-refractivity contribution in [1.29, 1.82) is 0 Å². The number of ether oxygens (including phenoxy) is 2. The largest absolute Gasteiger partial charge is 0.493 e. The minimum Gasteiger partial charge on any atom is -0.493 e. The van der Waals surface area contributed by atoms with E-state index in [1.165, 1.54) is 25.7 Å². The van der Waals surface area contributed by atoms with E-state index in [0.717, 1.165) is 23.2 Å². The molecule has 0 radical (unpaired) electrons. The molecule has 4 N–H and O–H groups in total. The average Bonchev–Trinajstić information content (AvgIpc) is 3.66. The van der Waals surface area contributed by atoms with E-state index in [0.29, 0.717) is 56.1 Å². The second-order valence-electron chi connectivity index (χ2n) is 12.4. The Kier molecular flexibility index (Phi) is 9.09. The van der Waals surface area contributed by atoms with E-state index in [-0.39, 0.29) is 43.2 Å². The molecule has 9 nitrogen and oxygen atoms in total. The van der Waals surface area contributed by atoms with E-state index in [1.54, 1.807) is 0 Å². The maximum absolute atomic E-state index is 13.7. The Labute approximate surface area is 247 Å². The van der Waals surface area contributed by atoms with Gasteiger partial charge >= 0.3 is 0 Å². The topological polar surface area (TPSA) is 120 Å². The predicted molar refractivity (Wildman–Crippen MR) is 158 cm³/mol. The monoisotopic (exact) mass is 577 g/mol. The number of aliphatic hydroxyl groups is 2. The summed E-state index contributed by atoms with van der Waals surface area (Å²) in [6.45, 7) is 2.08. The molecule has 3 aliphatic heterocycles. The van der Waals surface area contributed by atoms with Gasteiger partial charge in [0.2, 0.25) is 5.91 Å². The van der Waals surface area contributed by atoms with E-state index in [9.17, 15) is 19.8 Å². The van der Waals surface area contributed by atoms with Gasteiger partial charge in [-0.1, -0.05) is 43.2 Å². The average molecular weight is 578 g/mol. The molecule has 2 amide bonds. The SMILES string of the molecule is O=C1N[C@H]2C[C@@H](C(=O)NC[C@H]3O[C@H](CCOc4cc(-c5ccc(CO)cc5)ccc41)CC[C@@H]3O)N(CC1CCCC1)C2. The molecule has 1 saturated carbocycles. The summed E-state index contributed by atoms with van der Waals surface area (Å²) in [6, 6.07) is 12.8. The normalized spacial score (nSPS) is 29.4. The Hall–Kier alpha value is -2.98. The molecule has 2 aromatic carbocycles. The lowest BCUT2D eigenvalue weighted by Gasteiger charge is -2.34. The van der Waals surface area contributed by atoms with Crippen molar-refractivity contribution in [2.75, 3.05) is 26.2 Å². The van der Waals surface area contributed by atoms with Crippen LogP contribution in [0.3, 0.4) is 0 Å². The highest BCUT2D eigenvalue weighted by Gasteiger charge is 2.40. The van der Waals surface area contributed by atoms with Gasteiger partial charge in [0, 0.05) is 32.1 Å². The van der Waals surface area contributed by atoms with Crippen molar-refractivity contribution >= 4 is 11.8 Å². The molecule has 1 aliphatic carbocycles. The lowest BCUT2D eigenvalue weighted by atomic mass is 9.99. The molecule has 6 rings (SSSR count). The fraction of sp³-hybridized carbons (Fsp3) is 0.576. The van der Waals surface area contributed by atoms with Gasteiger partial charge in [-0.2, -0.15) is 0 Å². The van der Waals surface area contributed by atoms with Crippen LogP contribution in [0.15, 0.2) is 42.5 Å². The number of nitrogens with one attached hydrogen (secondary N) is 2. The number of fused-ring (bicyclic) bond motifs is 5. The summed E-state index contributed by atoms with van der Waals surface area (Å²) in [7, 11) is 0. The van der Waals surface area contributed by atoms with Crippen LogP contribution in [0, 0.1) is 5.92 Å². The Bertz CT molecular complexity index is 1250. The minimum atomic E-state index is -0.618. The van der Waals surface area contributed by atoms with Crippen LogP contribution in [0.1, 0.15) is 67.3 Å². The van der Waals surface area contributed by atoms with Crippen LogP contribution in [0.4, 0.5) is 0 Å². The van der Waals surface area contributed by atoms with Crippen LogP contribution < -0.4 is 15.4 Å². The van der Waals surface area contributed by atoms with Gasteiger partial charge in [0.05, 0.1) is 37.0 Å². The zero-order valence-corrected chi connectivity index (χ0v) is 24.2. The van der Waals surface area contributed by atoms with Gasteiger partial charge in [0.25, 0.3) is 5.91 Å². The molecular formula is C33H43N3O6. The summed E-state index contributed by atoms with van der Waals surface area (Å²) < 4.78 is 12.5. The highest BCUT2D eigenvalue weighted by atomic mass is 16.5. The van der Waals surface area contributed by atoms with Gasteiger partial charge in [-0.05, 0) is 66.8 Å². The van der Waals surface area contributed by atoms with Gasteiger partial charge in [-0.15, -0.1) is 0 Å². The van der Waals surface area contributed by atoms with E-state index in [1.807, 2.05) is 42.5 Å². The van der Waals surface area contributed by atoms with Gasteiger partial charge in [0.15, 0.2) is 0 Å². The van der Waals surface area contributed by atoms with Crippen molar-refractivity contribution in [3.8, 4) is 16.9 Å². The maximum Gasteiger partial charge on any atom is 0.255 e. The Morgan fingerprint density at radius 3 is 2.52 bits per heavy atom. The van der Waals surface area contributed by atoms with E-state index in [4.69, 9.17) is 9.47 Å². The summed E-state index contributed by atoms with van der Waals surface area (Å²) in [4.78, 5) is 29.4. The molecule has 2 saturated heterocycles. The Morgan fingerprint density at radius 2 is 1.74 bits per heavy atom. The number of benzene rings is 2. The highest BCUT2D eigenvalue weighted by Crippen LogP contribution is 2.31. The second-order valence-corrected chi connectivity index (χ2v) is 12.4. The molecule has 0 spiro atoms. The number of hydrogen-bond acceptors (Lipinski definition) is 7. The minimum absolute atomic E-state index is 0.0172. The molecule has 9 heteroatoms. The van der Waals surface area contributed by atoms with Crippen molar-refractivity contribution < 1.29 is 29.3 Å². The Morgan fingerprint density at radius 1 is 0.952 bits per heavy atom. The summed E-state index contributed by atoms with van der Waals surface area (Å²) in [5, 5.41) is 26.3. The molecule has 3 fully saturated rings. The van der Waals surface area contributed by atoms with Crippen LogP contribution in [0.2, 0.25) is 0 Å². The molecule has 4 aliphatic rings. The van der Waals surface area contributed by atoms with Crippen molar-refractivity contribution in [2.45, 2.75) is 88.4 Å². The molecule has 226 valence electrons. The van der Waals surface area contributed by atoms with Crippen molar-refractivity contribution in [2.24, 2.45) is 5.92 Å². The zero-order chi connectivity index (χ0) is 29.1. The molecular weight excluding hydrogens is 534 g/mol. The molecule has 3 heterocycles. The fourth-order valence-corrected chi connectivity index (χ4v) is 7.05. The molecule has 4 bridgehead atoms. The highest BCUT2D eigenvalue weighted by molar-refractivity contribution is 5.98. The number of carbonyl (C=O) groups is 2. The smallest absolute Gasteiger partial charge is 0.255 e. The van der Waals surface area contributed by atoms with E-state index < -0.39 is 12.2 Å². The molecule has 2 aromatic rings. The molecule has 42 heavy (non-hydrogen) atoms. The van der Waals surface area contributed by atoms with Crippen molar-refractivity contribution in [3.63, 3.8) is 0 Å². The van der Waals surface area contributed by atoms with E-state index in [2.05, 4.69) is 15.5 Å². The number of hydrogen-bond donors (Lipinski definition) is 4. The predicted octanol–water partition coefficient (Wildman–Crippen LogP) is 3.02. The number of rotatable bonds is 4. The first-order chi connectivity index (χ1) is 20.5. The second kappa shape index (κ2) is 13.1. The number of nitrogens with zero attached hydrogens (tertiary/aromatic N) is 1. The lowest BCUT2D eigenvalue weighted by molar-refractivity contribution is -0.133. The van der Waals surface area contributed by atoms with Crippen molar-refractivity contribution in [1.82, 2.24) is 15.5 Å². The van der Waals surface area contributed by atoms with Gasteiger partial charge in [-0.25, -0.2) is 0 Å². The van der Waals surface area contributed by atoms with Crippen LogP contribution in [-0.2, 0) is 16.1 Å². The molecule has 5 atom stereocenters. The van der Waals surface area contributed by atoms with Crippen molar-refractivity contribution in [3.05, 3.63) is 53.6 Å². The first kappa shape index (κ1) is 29.1. The third-order valence-electron chi connectivity index (χ3n) is 9.46. The van der Waals surface area contributed by atoms with Gasteiger partial charge in [0.1, 0.15) is 11.9 Å². The third kappa shape index (κ3) is 6.64.